The second kappa shape index (κ2) is 6.19. The van der Waals surface area contributed by atoms with Crippen LogP contribution in [0.1, 0.15) is 39.2 Å². The molecule has 1 aliphatic rings. The third kappa shape index (κ3) is 3.46. The number of piperidine rings is 1. The fourth-order valence-electron chi connectivity index (χ4n) is 2.70. The van der Waals surface area contributed by atoms with Crippen molar-refractivity contribution in [2.24, 2.45) is 11.1 Å². The molecule has 106 valence electrons. The van der Waals surface area contributed by atoms with Gasteiger partial charge in [0.15, 0.2) is 0 Å². The standard InChI is InChI=1S/C16H26N2S/c1-4-19-15-7-5-6-14(13(15)12-17)18-10-8-16(2,3)9-11-18/h5-7H,4,8-12,17H2,1-3H3. The zero-order valence-corrected chi connectivity index (χ0v) is 13.2. The summed E-state index contributed by atoms with van der Waals surface area (Å²) in [6.45, 7) is 9.88. The number of rotatable bonds is 4. The van der Waals surface area contributed by atoms with Crippen LogP contribution in [0, 0.1) is 5.41 Å². The predicted octanol–water partition coefficient (Wildman–Crippen LogP) is 3.88. The molecule has 0 aliphatic carbocycles. The number of hydrogen-bond donors (Lipinski definition) is 1. The van der Waals surface area contributed by atoms with E-state index in [1.807, 2.05) is 11.8 Å². The van der Waals surface area contributed by atoms with Gasteiger partial charge < -0.3 is 10.6 Å². The first kappa shape index (κ1) is 14.7. The number of anilines is 1. The van der Waals surface area contributed by atoms with Crippen LogP contribution in [-0.4, -0.2) is 18.8 Å². The summed E-state index contributed by atoms with van der Waals surface area (Å²) in [5.74, 6) is 1.10. The molecule has 0 spiro atoms. The molecule has 1 saturated heterocycles. The van der Waals surface area contributed by atoms with Crippen LogP contribution in [0.5, 0.6) is 0 Å². The van der Waals surface area contributed by atoms with E-state index in [0.29, 0.717) is 12.0 Å². The predicted molar refractivity (Wildman–Crippen MR) is 86.0 cm³/mol. The zero-order chi connectivity index (χ0) is 13.9. The number of nitrogens with zero attached hydrogens (tertiary/aromatic N) is 1. The Morgan fingerprint density at radius 3 is 2.53 bits per heavy atom. The molecule has 2 rings (SSSR count). The van der Waals surface area contributed by atoms with Crippen molar-refractivity contribution in [3.8, 4) is 0 Å². The van der Waals surface area contributed by atoms with Gasteiger partial charge in [0.25, 0.3) is 0 Å². The number of benzene rings is 1. The van der Waals surface area contributed by atoms with E-state index < -0.39 is 0 Å². The van der Waals surface area contributed by atoms with Crippen molar-refractivity contribution < 1.29 is 0 Å². The molecular formula is C16H26N2S. The molecule has 0 saturated carbocycles. The molecule has 3 heteroatoms. The van der Waals surface area contributed by atoms with Crippen molar-refractivity contribution in [3.05, 3.63) is 23.8 Å². The van der Waals surface area contributed by atoms with Gasteiger partial charge in [-0.25, -0.2) is 0 Å². The molecule has 1 heterocycles. The fraction of sp³-hybridized carbons (Fsp3) is 0.625. The third-order valence-corrected chi connectivity index (χ3v) is 5.05. The van der Waals surface area contributed by atoms with Crippen LogP contribution in [0.3, 0.4) is 0 Å². The highest BCUT2D eigenvalue weighted by molar-refractivity contribution is 7.99. The molecule has 0 atom stereocenters. The third-order valence-electron chi connectivity index (χ3n) is 4.07. The lowest BCUT2D eigenvalue weighted by Crippen LogP contribution is -2.38. The van der Waals surface area contributed by atoms with E-state index in [9.17, 15) is 0 Å². The van der Waals surface area contributed by atoms with Crippen LogP contribution in [0.2, 0.25) is 0 Å². The normalized spacial score (nSPS) is 18.6. The highest BCUT2D eigenvalue weighted by Gasteiger charge is 2.26. The smallest absolute Gasteiger partial charge is 0.0423 e. The van der Waals surface area contributed by atoms with Crippen LogP contribution >= 0.6 is 11.8 Å². The summed E-state index contributed by atoms with van der Waals surface area (Å²) in [5, 5.41) is 0. The second-order valence-corrected chi connectivity index (χ2v) is 7.35. The Morgan fingerprint density at radius 1 is 1.26 bits per heavy atom. The molecule has 0 bridgehead atoms. The Hall–Kier alpha value is -0.670. The lowest BCUT2D eigenvalue weighted by molar-refractivity contribution is 0.279. The van der Waals surface area contributed by atoms with E-state index in [4.69, 9.17) is 5.73 Å². The Bertz CT molecular complexity index is 419. The first-order valence-corrected chi connectivity index (χ1v) is 8.25. The van der Waals surface area contributed by atoms with Crippen LogP contribution in [0.4, 0.5) is 5.69 Å². The lowest BCUT2D eigenvalue weighted by atomic mass is 9.82. The first-order valence-electron chi connectivity index (χ1n) is 7.27. The van der Waals surface area contributed by atoms with Gasteiger partial charge in [-0.15, -0.1) is 11.8 Å². The van der Waals surface area contributed by atoms with Crippen molar-refractivity contribution in [1.29, 1.82) is 0 Å². The summed E-state index contributed by atoms with van der Waals surface area (Å²) in [5.41, 5.74) is 9.18. The van der Waals surface area contributed by atoms with Crippen LogP contribution < -0.4 is 10.6 Å². The number of hydrogen-bond acceptors (Lipinski definition) is 3. The average Bonchev–Trinajstić information content (AvgIpc) is 2.39. The van der Waals surface area contributed by atoms with Crippen molar-refractivity contribution in [2.75, 3.05) is 23.7 Å². The van der Waals surface area contributed by atoms with Gasteiger partial charge in [-0.1, -0.05) is 26.8 Å². The van der Waals surface area contributed by atoms with Crippen molar-refractivity contribution in [3.63, 3.8) is 0 Å². The lowest BCUT2D eigenvalue weighted by Gasteiger charge is -2.39. The molecule has 19 heavy (non-hydrogen) atoms. The molecule has 1 aromatic carbocycles. The molecule has 0 aromatic heterocycles. The van der Waals surface area contributed by atoms with Gasteiger partial charge in [0.05, 0.1) is 0 Å². The molecule has 0 amide bonds. The summed E-state index contributed by atoms with van der Waals surface area (Å²) in [6, 6.07) is 6.61. The van der Waals surface area contributed by atoms with Crippen LogP contribution in [-0.2, 0) is 6.54 Å². The number of thioether (sulfide) groups is 1. The van der Waals surface area contributed by atoms with E-state index in [1.165, 1.54) is 29.0 Å². The molecule has 1 aromatic rings. The highest BCUT2D eigenvalue weighted by Crippen LogP contribution is 2.36. The maximum atomic E-state index is 6.00. The molecule has 2 nitrogen and oxygen atoms in total. The summed E-state index contributed by atoms with van der Waals surface area (Å²) < 4.78 is 0. The van der Waals surface area contributed by atoms with Gasteiger partial charge in [0, 0.05) is 35.8 Å². The minimum absolute atomic E-state index is 0.495. The van der Waals surface area contributed by atoms with Crippen molar-refractivity contribution in [2.45, 2.75) is 45.1 Å². The molecule has 2 N–H and O–H groups in total. The van der Waals surface area contributed by atoms with Crippen LogP contribution in [0.25, 0.3) is 0 Å². The monoisotopic (exact) mass is 278 g/mol. The molecular weight excluding hydrogens is 252 g/mol. The van der Waals surface area contributed by atoms with Crippen molar-refractivity contribution in [1.82, 2.24) is 0 Å². The first-order chi connectivity index (χ1) is 9.07. The van der Waals surface area contributed by atoms with E-state index in [-0.39, 0.29) is 0 Å². The van der Waals surface area contributed by atoms with Crippen molar-refractivity contribution >= 4 is 17.4 Å². The summed E-state index contributed by atoms with van der Waals surface area (Å²) >= 11 is 1.90. The van der Waals surface area contributed by atoms with E-state index in [1.54, 1.807) is 0 Å². The zero-order valence-electron chi connectivity index (χ0n) is 12.4. The SMILES string of the molecule is CCSc1cccc(N2CCC(C)(C)CC2)c1CN. The minimum atomic E-state index is 0.495. The molecule has 0 radical (unpaired) electrons. The quantitative estimate of drug-likeness (QED) is 0.847. The maximum Gasteiger partial charge on any atom is 0.0423 e. The Kier molecular flexibility index (Phi) is 4.80. The Morgan fingerprint density at radius 2 is 1.95 bits per heavy atom. The molecule has 1 fully saturated rings. The van der Waals surface area contributed by atoms with Crippen LogP contribution in [0.15, 0.2) is 23.1 Å². The van der Waals surface area contributed by atoms with Gasteiger partial charge in [0.2, 0.25) is 0 Å². The Labute approximate surface area is 121 Å². The number of nitrogens with two attached hydrogens (primary N) is 1. The fourth-order valence-corrected chi connectivity index (χ4v) is 3.55. The van der Waals surface area contributed by atoms with Gasteiger partial charge in [-0.05, 0) is 36.1 Å². The van der Waals surface area contributed by atoms with Gasteiger partial charge in [-0.3, -0.25) is 0 Å². The minimum Gasteiger partial charge on any atom is -0.371 e. The Balaban J connectivity index is 2.22. The van der Waals surface area contributed by atoms with Gasteiger partial charge >= 0.3 is 0 Å². The van der Waals surface area contributed by atoms with E-state index in [2.05, 4.69) is 43.9 Å². The molecule has 0 unspecified atom stereocenters. The highest BCUT2D eigenvalue weighted by atomic mass is 32.2. The average molecular weight is 278 g/mol. The maximum absolute atomic E-state index is 6.00. The topological polar surface area (TPSA) is 29.3 Å². The van der Waals surface area contributed by atoms with Gasteiger partial charge in [0.1, 0.15) is 0 Å². The summed E-state index contributed by atoms with van der Waals surface area (Å²) in [7, 11) is 0. The van der Waals surface area contributed by atoms with Gasteiger partial charge in [-0.2, -0.15) is 0 Å². The van der Waals surface area contributed by atoms with E-state index in [0.717, 1.165) is 18.8 Å². The van der Waals surface area contributed by atoms with E-state index >= 15 is 0 Å². The molecule has 1 aliphatic heterocycles. The summed E-state index contributed by atoms with van der Waals surface area (Å²) in [4.78, 5) is 3.88. The second-order valence-electron chi connectivity index (χ2n) is 6.04. The largest absolute Gasteiger partial charge is 0.371 e. The summed E-state index contributed by atoms with van der Waals surface area (Å²) in [6.07, 6.45) is 2.53.